The van der Waals surface area contributed by atoms with Crippen LogP contribution in [0, 0.1) is 22.7 Å². The fourth-order valence-electron chi connectivity index (χ4n) is 2.64. The zero-order valence-electron chi connectivity index (χ0n) is 9.54. The van der Waals surface area contributed by atoms with Crippen LogP contribution < -0.4 is 0 Å². The summed E-state index contributed by atoms with van der Waals surface area (Å²) in [5.74, 6) is 0.716. The molecule has 0 aromatic rings. The lowest BCUT2D eigenvalue weighted by Gasteiger charge is -2.21. The van der Waals surface area contributed by atoms with Gasteiger partial charge in [0, 0.05) is 26.6 Å². The molecule has 0 bridgehead atoms. The van der Waals surface area contributed by atoms with E-state index >= 15 is 0 Å². The van der Waals surface area contributed by atoms with Gasteiger partial charge >= 0.3 is 0 Å². The maximum absolute atomic E-state index is 8.76. The van der Waals surface area contributed by atoms with Gasteiger partial charge in [0.05, 0.1) is 12.7 Å². The number of nitriles is 1. The lowest BCUT2D eigenvalue weighted by atomic mass is 10.0. The van der Waals surface area contributed by atoms with Crippen LogP contribution in [-0.4, -0.2) is 38.3 Å². The molecule has 1 saturated heterocycles. The van der Waals surface area contributed by atoms with Crippen molar-refractivity contribution in [1.82, 2.24) is 4.90 Å². The van der Waals surface area contributed by atoms with Gasteiger partial charge in [-0.1, -0.05) is 0 Å². The second-order valence-electron chi connectivity index (χ2n) is 5.18. The van der Waals surface area contributed by atoms with Crippen LogP contribution in [0.25, 0.3) is 0 Å². The van der Waals surface area contributed by atoms with Crippen LogP contribution in [0.5, 0.6) is 0 Å². The maximum Gasteiger partial charge on any atom is 0.0628 e. The molecule has 2 rings (SSSR count). The van der Waals surface area contributed by atoms with Crippen molar-refractivity contribution in [3.8, 4) is 6.07 Å². The number of ether oxygens (including phenoxy) is 1. The zero-order chi connectivity index (χ0) is 10.7. The van der Waals surface area contributed by atoms with Gasteiger partial charge in [-0.2, -0.15) is 5.26 Å². The van der Waals surface area contributed by atoms with Gasteiger partial charge in [-0.25, -0.2) is 0 Å². The summed E-state index contributed by atoms with van der Waals surface area (Å²) < 4.78 is 5.19. The van der Waals surface area contributed by atoms with E-state index in [1.807, 2.05) is 0 Å². The van der Waals surface area contributed by atoms with Crippen LogP contribution in [0.3, 0.4) is 0 Å². The first kappa shape index (κ1) is 10.9. The van der Waals surface area contributed by atoms with Crippen molar-refractivity contribution in [2.75, 3.05) is 33.4 Å². The Balaban J connectivity index is 1.75. The van der Waals surface area contributed by atoms with Gasteiger partial charge in [-0.3, -0.25) is 0 Å². The van der Waals surface area contributed by atoms with E-state index in [9.17, 15) is 0 Å². The summed E-state index contributed by atoms with van der Waals surface area (Å²) in [5, 5.41) is 8.76. The first-order valence-corrected chi connectivity index (χ1v) is 5.86. The summed E-state index contributed by atoms with van der Waals surface area (Å²) in [6.07, 6.45) is 4.52. The average Bonchev–Trinajstić information content (AvgIpc) is 2.80. The molecule has 0 spiro atoms. The second kappa shape index (κ2) is 4.51. The summed E-state index contributed by atoms with van der Waals surface area (Å²) in [4.78, 5) is 2.52. The number of rotatable bonds is 5. The Morgan fingerprint density at radius 2 is 2.33 bits per heavy atom. The molecular weight excluding hydrogens is 188 g/mol. The van der Waals surface area contributed by atoms with Crippen molar-refractivity contribution in [3.05, 3.63) is 0 Å². The molecule has 3 heteroatoms. The molecule has 1 atom stereocenters. The van der Waals surface area contributed by atoms with Crippen molar-refractivity contribution < 1.29 is 4.74 Å². The van der Waals surface area contributed by atoms with Crippen LogP contribution in [0.2, 0.25) is 0 Å². The van der Waals surface area contributed by atoms with Crippen molar-refractivity contribution in [3.63, 3.8) is 0 Å². The molecule has 2 fully saturated rings. The van der Waals surface area contributed by atoms with E-state index in [2.05, 4.69) is 11.0 Å². The Morgan fingerprint density at radius 1 is 1.53 bits per heavy atom. The number of hydrogen-bond acceptors (Lipinski definition) is 3. The number of nitrogens with zero attached hydrogens (tertiary/aromatic N) is 2. The van der Waals surface area contributed by atoms with Crippen LogP contribution >= 0.6 is 0 Å². The van der Waals surface area contributed by atoms with Gasteiger partial charge in [0.25, 0.3) is 0 Å². The SMILES string of the molecule is COCC1CCN(CC2(CC#N)CC2)C1. The van der Waals surface area contributed by atoms with Gasteiger partial charge in [0.2, 0.25) is 0 Å². The lowest BCUT2D eigenvalue weighted by Crippen LogP contribution is -2.29. The van der Waals surface area contributed by atoms with Gasteiger partial charge in [0.1, 0.15) is 0 Å². The van der Waals surface area contributed by atoms with Gasteiger partial charge < -0.3 is 9.64 Å². The van der Waals surface area contributed by atoms with Crippen LogP contribution in [0.4, 0.5) is 0 Å². The molecule has 1 aliphatic heterocycles. The summed E-state index contributed by atoms with van der Waals surface area (Å²) in [7, 11) is 1.78. The molecule has 0 N–H and O–H groups in total. The van der Waals surface area contributed by atoms with Gasteiger partial charge in [-0.05, 0) is 37.1 Å². The van der Waals surface area contributed by atoms with Crippen molar-refractivity contribution in [1.29, 1.82) is 5.26 Å². The summed E-state index contributed by atoms with van der Waals surface area (Å²) in [6.45, 7) is 4.39. The van der Waals surface area contributed by atoms with E-state index < -0.39 is 0 Å². The molecule has 0 amide bonds. The van der Waals surface area contributed by atoms with Gasteiger partial charge in [-0.15, -0.1) is 0 Å². The van der Waals surface area contributed by atoms with E-state index in [1.54, 1.807) is 7.11 Å². The fraction of sp³-hybridized carbons (Fsp3) is 0.917. The maximum atomic E-state index is 8.76. The third kappa shape index (κ3) is 2.70. The fourth-order valence-corrected chi connectivity index (χ4v) is 2.64. The molecule has 0 radical (unpaired) electrons. The molecule has 84 valence electrons. The predicted molar refractivity (Wildman–Crippen MR) is 58.3 cm³/mol. The molecule has 1 saturated carbocycles. The monoisotopic (exact) mass is 208 g/mol. The standard InChI is InChI=1S/C12H20N2O/c1-15-9-11-2-7-14(8-11)10-12(3-4-12)5-6-13/h11H,2-5,7-10H2,1H3. The smallest absolute Gasteiger partial charge is 0.0628 e. The van der Waals surface area contributed by atoms with E-state index in [0.717, 1.165) is 19.6 Å². The Hall–Kier alpha value is -0.590. The van der Waals surface area contributed by atoms with Crippen molar-refractivity contribution in [2.45, 2.75) is 25.7 Å². The third-order valence-electron chi connectivity index (χ3n) is 3.74. The van der Waals surface area contributed by atoms with E-state index in [1.165, 1.54) is 32.4 Å². The third-order valence-corrected chi connectivity index (χ3v) is 3.74. The Morgan fingerprint density at radius 3 is 2.93 bits per heavy atom. The Kier molecular flexibility index (Phi) is 3.28. The summed E-state index contributed by atoms with van der Waals surface area (Å²) in [5.41, 5.74) is 0.372. The highest BCUT2D eigenvalue weighted by molar-refractivity contribution is 5.01. The first-order valence-electron chi connectivity index (χ1n) is 5.86. The topological polar surface area (TPSA) is 36.3 Å². The molecule has 2 aliphatic rings. The minimum Gasteiger partial charge on any atom is -0.384 e. The Bertz CT molecular complexity index is 255. The van der Waals surface area contributed by atoms with Crippen molar-refractivity contribution in [2.24, 2.45) is 11.3 Å². The quantitative estimate of drug-likeness (QED) is 0.689. The molecule has 0 aromatic heterocycles. The zero-order valence-corrected chi connectivity index (χ0v) is 9.54. The predicted octanol–water partition coefficient (Wildman–Crippen LogP) is 1.65. The van der Waals surface area contributed by atoms with E-state index in [-0.39, 0.29) is 0 Å². The molecule has 1 heterocycles. The highest BCUT2D eigenvalue weighted by Gasteiger charge is 2.44. The van der Waals surface area contributed by atoms with E-state index in [4.69, 9.17) is 10.00 Å². The molecule has 15 heavy (non-hydrogen) atoms. The largest absolute Gasteiger partial charge is 0.384 e. The van der Waals surface area contributed by atoms with Crippen molar-refractivity contribution >= 4 is 0 Å². The minimum atomic E-state index is 0.372. The number of methoxy groups -OCH3 is 1. The lowest BCUT2D eigenvalue weighted by molar-refractivity contribution is 0.150. The van der Waals surface area contributed by atoms with E-state index in [0.29, 0.717) is 11.3 Å². The highest BCUT2D eigenvalue weighted by Crippen LogP contribution is 2.49. The van der Waals surface area contributed by atoms with Gasteiger partial charge in [0.15, 0.2) is 0 Å². The molecule has 0 aromatic carbocycles. The number of likely N-dealkylation sites (tertiary alicyclic amines) is 1. The molecule has 1 aliphatic carbocycles. The Labute approximate surface area is 92.0 Å². The average molecular weight is 208 g/mol. The first-order chi connectivity index (χ1) is 7.28. The minimum absolute atomic E-state index is 0.372. The molecule has 1 unspecified atom stereocenters. The summed E-state index contributed by atoms with van der Waals surface area (Å²) >= 11 is 0. The molecule has 3 nitrogen and oxygen atoms in total. The summed E-state index contributed by atoms with van der Waals surface area (Å²) in [6, 6.07) is 2.33. The second-order valence-corrected chi connectivity index (χ2v) is 5.18. The van der Waals surface area contributed by atoms with Crippen LogP contribution in [0.15, 0.2) is 0 Å². The highest BCUT2D eigenvalue weighted by atomic mass is 16.5. The number of hydrogen-bond donors (Lipinski definition) is 0. The normalized spacial score (nSPS) is 28.9. The van der Waals surface area contributed by atoms with Crippen LogP contribution in [0.1, 0.15) is 25.7 Å². The molecular formula is C12H20N2O. The van der Waals surface area contributed by atoms with Crippen LogP contribution in [-0.2, 0) is 4.74 Å².